The number of carbonyl (C=O) groups excluding carboxylic acids is 1. The molecular weight excluding hydrogens is 248 g/mol. The Bertz CT molecular complexity index is 271. The molecule has 2 rings (SSSR count). The first-order valence-electron chi connectivity index (χ1n) is 7.10. The Hall–Kier alpha value is -0.280. The first kappa shape index (κ1) is 15.8. The van der Waals surface area contributed by atoms with Crippen molar-refractivity contribution < 1.29 is 4.79 Å². The summed E-state index contributed by atoms with van der Waals surface area (Å²) in [7, 11) is 0. The van der Waals surface area contributed by atoms with Gasteiger partial charge in [0.25, 0.3) is 0 Å². The van der Waals surface area contributed by atoms with Gasteiger partial charge >= 0.3 is 0 Å². The molecule has 4 heteroatoms. The highest BCUT2D eigenvalue weighted by Gasteiger charge is 2.38. The lowest BCUT2D eigenvalue weighted by Gasteiger charge is -2.23. The fourth-order valence-electron chi connectivity index (χ4n) is 3.26. The van der Waals surface area contributed by atoms with Crippen LogP contribution in [0.1, 0.15) is 33.6 Å². The summed E-state index contributed by atoms with van der Waals surface area (Å²) in [5, 5.41) is 3.42. The Kier molecular flexibility index (Phi) is 5.93. The average Bonchev–Trinajstić information content (AvgIpc) is 2.84. The van der Waals surface area contributed by atoms with Gasteiger partial charge in [-0.3, -0.25) is 4.79 Å². The van der Waals surface area contributed by atoms with Crippen molar-refractivity contribution in [3.63, 3.8) is 0 Å². The second kappa shape index (κ2) is 6.76. The summed E-state index contributed by atoms with van der Waals surface area (Å²) in [5.41, 5.74) is 0. The van der Waals surface area contributed by atoms with Gasteiger partial charge < -0.3 is 10.2 Å². The molecule has 2 fully saturated rings. The fourth-order valence-corrected chi connectivity index (χ4v) is 3.26. The van der Waals surface area contributed by atoms with Gasteiger partial charge in [-0.15, -0.1) is 12.4 Å². The summed E-state index contributed by atoms with van der Waals surface area (Å²) in [6, 6.07) is 0. The van der Waals surface area contributed by atoms with E-state index in [9.17, 15) is 4.79 Å². The molecule has 2 heterocycles. The lowest BCUT2D eigenvalue weighted by molar-refractivity contribution is -0.131. The van der Waals surface area contributed by atoms with Gasteiger partial charge in [0.1, 0.15) is 0 Å². The number of carbonyl (C=O) groups is 1. The highest BCUT2D eigenvalue weighted by atomic mass is 35.5. The molecule has 1 unspecified atom stereocenters. The third kappa shape index (κ3) is 3.39. The van der Waals surface area contributed by atoms with E-state index >= 15 is 0 Å². The highest BCUT2D eigenvalue weighted by molar-refractivity contribution is 5.85. The van der Waals surface area contributed by atoms with Crippen LogP contribution in [0.2, 0.25) is 0 Å². The first-order chi connectivity index (χ1) is 8.11. The zero-order valence-electron chi connectivity index (χ0n) is 11.8. The van der Waals surface area contributed by atoms with E-state index in [0.29, 0.717) is 17.7 Å². The molecule has 1 amide bonds. The van der Waals surface area contributed by atoms with Crippen molar-refractivity contribution >= 4 is 18.3 Å². The third-order valence-electron chi connectivity index (χ3n) is 4.65. The predicted octanol–water partition coefficient (Wildman–Crippen LogP) is 2.16. The van der Waals surface area contributed by atoms with E-state index in [-0.39, 0.29) is 12.4 Å². The van der Waals surface area contributed by atoms with Crippen LogP contribution in [0.4, 0.5) is 0 Å². The Balaban J connectivity index is 0.00000162. The first-order valence-corrected chi connectivity index (χ1v) is 7.10. The summed E-state index contributed by atoms with van der Waals surface area (Å²) in [6.07, 6.45) is 1.87. The average molecular weight is 275 g/mol. The van der Waals surface area contributed by atoms with Crippen LogP contribution in [0.15, 0.2) is 0 Å². The Labute approximate surface area is 117 Å². The standard InChI is InChI=1S/C14H26N2O.ClH/c1-4-11(10(2)3)5-14(17)16-8-12-6-15-7-13(12)9-16;/h10-13,15H,4-9H2,1-3H3;1H/t11?,12-,13+;. The molecule has 0 spiro atoms. The lowest BCUT2D eigenvalue weighted by atomic mass is 9.90. The summed E-state index contributed by atoms with van der Waals surface area (Å²) < 4.78 is 0. The van der Waals surface area contributed by atoms with Crippen molar-refractivity contribution in [1.29, 1.82) is 0 Å². The van der Waals surface area contributed by atoms with Gasteiger partial charge in [-0.25, -0.2) is 0 Å². The maximum atomic E-state index is 12.3. The van der Waals surface area contributed by atoms with Crippen LogP contribution in [0, 0.1) is 23.7 Å². The maximum absolute atomic E-state index is 12.3. The second-order valence-corrected chi connectivity index (χ2v) is 6.09. The number of hydrogen-bond donors (Lipinski definition) is 1. The van der Waals surface area contributed by atoms with Crippen molar-refractivity contribution in [3.8, 4) is 0 Å². The second-order valence-electron chi connectivity index (χ2n) is 6.09. The van der Waals surface area contributed by atoms with E-state index in [1.54, 1.807) is 0 Å². The van der Waals surface area contributed by atoms with Gasteiger partial charge in [0.05, 0.1) is 0 Å². The predicted molar refractivity (Wildman–Crippen MR) is 76.9 cm³/mol. The van der Waals surface area contributed by atoms with Gasteiger partial charge in [0.15, 0.2) is 0 Å². The zero-order valence-corrected chi connectivity index (χ0v) is 12.6. The molecule has 0 bridgehead atoms. The number of hydrogen-bond acceptors (Lipinski definition) is 2. The maximum Gasteiger partial charge on any atom is 0.222 e. The van der Waals surface area contributed by atoms with E-state index in [2.05, 4.69) is 31.0 Å². The SMILES string of the molecule is CCC(CC(=O)N1C[C@H]2CNC[C@H]2C1)C(C)C.Cl. The Morgan fingerprint density at radius 2 is 1.83 bits per heavy atom. The molecule has 106 valence electrons. The molecule has 3 nitrogen and oxygen atoms in total. The number of nitrogens with zero attached hydrogens (tertiary/aromatic N) is 1. The van der Waals surface area contributed by atoms with Crippen LogP contribution in [0.3, 0.4) is 0 Å². The summed E-state index contributed by atoms with van der Waals surface area (Å²) in [6.45, 7) is 10.8. The van der Waals surface area contributed by atoms with E-state index in [4.69, 9.17) is 0 Å². The Morgan fingerprint density at radius 1 is 1.28 bits per heavy atom. The van der Waals surface area contributed by atoms with Crippen LogP contribution in [0.25, 0.3) is 0 Å². The molecule has 0 radical (unpaired) electrons. The zero-order chi connectivity index (χ0) is 12.4. The van der Waals surface area contributed by atoms with E-state index in [1.807, 2.05) is 0 Å². The van der Waals surface area contributed by atoms with Crippen molar-refractivity contribution in [1.82, 2.24) is 10.2 Å². The van der Waals surface area contributed by atoms with Crippen LogP contribution in [-0.2, 0) is 4.79 Å². The molecule has 0 aromatic rings. The van der Waals surface area contributed by atoms with E-state index in [1.165, 1.54) is 0 Å². The summed E-state index contributed by atoms with van der Waals surface area (Å²) in [5.74, 6) is 3.00. The molecule has 0 aromatic heterocycles. The molecule has 0 aromatic carbocycles. The molecule has 18 heavy (non-hydrogen) atoms. The lowest BCUT2D eigenvalue weighted by Crippen LogP contribution is -2.33. The van der Waals surface area contributed by atoms with E-state index < -0.39 is 0 Å². The minimum Gasteiger partial charge on any atom is -0.342 e. The number of rotatable bonds is 4. The quantitative estimate of drug-likeness (QED) is 0.852. The van der Waals surface area contributed by atoms with Crippen molar-refractivity contribution in [3.05, 3.63) is 0 Å². The fraction of sp³-hybridized carbons (Fsp3) is 0.929. The van der Waals surface area contributed by atoms with Crippen molar-refractivity contribution in [2.75, 3.05) is 26.2 Å². The number of amides is 1. The van der Waals surface area contributed by atoms with Gasteiger partial charge in [0, 0.05) is 32.6 Å². The van der Waals surface area contributed by atoms with Crippen molar-refractivity contribution in [2.45, 2.75) is 33.6 Å². The highest BCUT2D eigenvalue weighted by Crippen LogP contribution is 2.28. The molecule has 2 aliphatic heterocycles. The van der Waals surface area contributed by atoms with Gasteiger partial charge in [-0.1, -0.05) is 27.2 Å². The summed E-state index contributed by atoms with van der Waals surface area (Å²) >= 11 is 0. The topological polar surface area (TPSA) is 32.3 Å². The normalized spacial score (nSPS) is 28.1. The molecule has 0 aliphatic carbocycles. The number of halogens is 1. The van der Waals surface area contributed by atoms with Crippen molar-refractivity contribution in [2.24, 2.45) is 23.7 Å². The minimum atomic E-state index is 0. The smallest absolute Gasteiger partial charge is 0.222 e. The van der Waals surface area contributed by atoms with Crippen LogP contribution < -0.4 is 5.32 Å². The Morgan fingerprint density at radius 3 is 2.28 bits per heavy atom. The molecular formula is C14H27ClN2O. The molecule has 2 aliphatic rings. The van der Waals surface area contributed by atoms with Crippen LogP contribution >= 0.6 is 12.4 Å². The van der Waals surface area contributed by atoms with Gasteiger partial charge in [0.2, 0.25) is 5.91 Å². The summed E-state index contributed by atoms with van der Waals surface area (Å²) in [4.78, 5) is 14.4. The minimum absolute atomic E-state index is 0. The number of likely N-dealkylation sites (tertiary alicyclic amines) is 1. The van der Waals surface area contributed by atoms with E-state index in [0.717, 1.165) is 50.9 Å². The largest absolute Gasteiger partial charge is 0.342 e. The third-order valence-corrected chi connectivity index (χ3v) is 4.65. The van der Waals surface area contributed by atoms with Crippen LogP contribution in [0.5, 0.6) is 0 Å². The molecule has 1 N–H and O–H groups in total. The number of nitrogens with one attached hydrogen (secondary N) is 1. The van der Waals surface area contributed by atoms with Crippen LogP contribution in [-0.4, -0.2) is 37.0 Å². The molecule has 0 saturated carbocycles. The number of fused-ring (bicyclic) bond motifs is 1. The monoisotopic (exact) mass is 274 g/mol. The van der Waals surface area contributed by atoms with Gasteiger partial charge in [-0.05, 0) is 23.7 Å². The van der Waals surface area contributed by atoms with Gasteiger partial charge in [-0.2, -0.15) is 0 Å². The molecule has 2 saturated heterocycles. The molecule has 3 atom stereocenters.